The average molecular weight is 262 g/mol. The summed E-state index contributed by atoms with van der Waals surface area (Å²) >= 11 is 0. The Morgan fingerprint density at radius 3 is 2.42 bits per heavy atom. The molecule has 1 amide bonds. The standard InChI is InChI=1S/C16H26N2O/c1-2-3-4-5-6-10-13-17-14-16(19)18-15-11-8-7-9-12-15/h7-9,11-12,17H,2-6,10,13-14H2,1H3,(H,18,19). The van der Waals surface area contributed by atoms with Crippen molar-refractivity contribution in [2.45, 2.75) is 45.4 Å². The molecule has 2 N–H and O–H groups in total. The van der Waals surface area contributed by atoms with Gasteiger partial charge >= 0.3 is 0 Å². The van der Waals surface area contributed by atoms with Crippen LogP contribution in [0.3, 0.4) is 0 Å². The SMILES string of the molecule is CCCCCCCCNCC(=O)Nc1ccccc1. The van der Waals surface area contributed by atoms with Gasteiger partial charge in [-0.15, -0.1) is 0 Å². The quantitative estimate of drug-likeness (QED) is 0.633. The minimum atomic E-state index is 0.0252. The summed E-state index contributed by atoms with van der Waals surface area (Å²) in [5.74, 6) is 0.0252. The Kier molecular flexibility index (Phi) is 8.73. The third-order valence-corrected chi connectivity index (χ3v) is 3.05. The zero-order valence-corrected chi connectivity index (χ0v) is 12.0. The Balaban J connectivity index is 1.96. The largest absolute Gasteiger partial charge is 0.325 e. The maximum absolute atomic E-state index is 11.6. The van der Waals surface area contributed by atoms with Crippen LogP contribution < -0.4 is 10.6 Å². The molecular weight excluding hydrogens is 236 g/mol. The van der Waals surface area contributed by atoms with E-state index in [1.807, 2.05) is 30.3 Å². The zero-order valence-electron chi connectivity index (χ0n) is 12.0. The van der Waals surface area contributed by atoms with E-state index >= 15 is 0 Å². The molecule has 0 aliphatic heterocycles. The van der Waals surface area contributed by atoms with E-state index in [0.717, 1.165) is 18.7 Å². The second kappa shape index (κ2) is 10.6. The molecule has 106 valence electrons. The van der Waals surface area contributed by atoms with Gasteiger partial charge in [0.05, 0.1) is 6.54 Å². The lowest BCUT2D eigenvalue weighted by Crippen LogP contribution is -2.28. The molecule has 3 heteroatoms. The van der Waals surface area contributed by atoms with Crippen molar-refractivity contribution >= 4 is 11.6 Å². The highest BCUT2D eigenvalue weighted by Crippen LogP contribution is 2.05. The predicted octanol–water partition coefficient (Wildman–Crippen LogP) is 3.58. The molecule has 0 unspecified atom stereocenters. The van der Waals surface area contributed by atoms with Crippen LogP contribution in [0.25, 0.3) is 0 Å². The Labute approximate surface area is 116 Å². The van der Waals surface area contributed by atoms with E-state index in [4.69, 9.17) is 0 Å². The van der Waals surface area contributed by atoms with E-state index in [0.29, 0.717) is 6.54 Å². The van der Waals surface area contributed by atoms with Gasteiger partial charge in [0, 0.05) is 5.69 Å². The van der Waals surface area contributed by atoms with Crippen molar-refractivity contribution in [2.75, 3.05) is 18.4 Å². The van der Waals surface area contributed by atoms with E-state index in [-0.39, 0.29) is 5.91 Å². The third-order valence-electron chi connectivity index (χ3n) is 3.05. The molecule has 0 saturated heterocycles. The van der Waals surface area contributed by atoms with Gasteiger partial charge in [0.1, 0.15) is 0 Å². The van der Waals surface area contributed by atoms with Crippen LogP contribution in [0.2, 0.25) is 0 Å². The molecule has 0 bridgehead atoms. The predicted molar refractivity (Wildman–Crippen MR) is 81.3 cm³/mol. The number of anilines is 1. The highest BCUT2D eigenvalue weighted by atomic mass is 16.1. The van der Waals surface area contributed by atoms with Crippen LogP contribution in [0.5, 0.6) is 0 Å². The highest BCUT2D eigenvalue weighted by Gasteiger charge is 2.00. The average Bonchev–Trinajstić information content (AvgIpc) is 2.43. The van der Waals surface area contributed by atoms with Crippen molar-refractivity contribution in [3.05, 3.63) is 30.3 Å². The van der Waals surface area contributed by atoms with Gasteiger partial charge in [-0.05, 0) is 25.1 Å². The number of hydrogen-bond donors (Lipinski definition) is 2. The van der Waals surface area contributed by atoms with E-state index in [2.05, 4.69) is 17.6 Å². The van der Waals surface area contributed by atoms with Crippen molar-refractivity contribution < 1.29 is 4.79 Å². The second-order valence-electron chi connectivity index (χ2n) is 4.86. The summed E-state index contributed by atoms with van der Waals surface area (Å²) in [7, 11) is 0. The molecule has 0 aliphatic carbocycles. The maximum Gasteiger partial charge on any atom is 0.238 e. The molecular formula is C16H26N2O. The van der Waals surface area contributed by atoms with Gasteiger partial charge in [-0.25, -0.2) is 0 Å². The van der Waals surface area contributed by atoms with Gasteiger partial charge in [-0.1, -0.05) is 57.2 Å². The first-order chi connectivity index (χ1) is 9.33. The van der Waals surface area contributed by atoms with Crippen molar-refractivity contribution in [3.63, 3.8) is 0 Å². The van der Waals surface area contributed by atoms with E-state index in [1.54, 1.807) is 0 Å². The van der Waals surface area contributed by atoms with Gasteiger partial charge in [-0.2, -0.15) is 0 Å². The van der Waals surface area contributed by atoms with Gasteiger partial charge in [0.15, 0.2) is 0 Å². The molecule has 0 fully saturated rings. The number of benzene rings is 1. The van der Waals surface area contributed by atoms with Crippen LogP contribution in [-0.4, -0.2) is 19.0 Å². The first-order valence-corrected chi connectivity index (χ1v) is 7.38. The lowest BCUT2D eigenvalue weighted by atomic mass is 10.1. The van der Waals surface area contributed by atoms with Crippen LogP contribution in [0.4, 0.5) is 5.69 Å². The first kappa shape index (κ1) is 15.7. The van der Waals surface area contributed by atoms with Crippen molar-refractivity contribution in [2.24, 2.45) is 0 Å². The van der Waals surface area contributed by atoms with Gasteiger partial charge < -0.3 is 10.6 Å². The smallest absolute Gasteiger partial charge is 0.238 e. The summed E-state index contributed by atoms with van der Waals surface area (Å²) < 4.78 is 0. The molecule has 0 heterocycles. The number of carbonyl (C=O) groups is 1. The van der Waals surface area contributed by atoms with E-state index in [1.165, 1.54) is 32.1 Å². The highest BCUT2D eigenvalue weighted by molar-refractivity contribution is 5.92. The first-order valence-electron chi connectivity index (χ1n) is 7.38. The summed E-state index contributed by atoms with van der Waals surface area (Å²) in [4.78, 5) is 11.6. The van der Waals surface area contributed by atoms with Crippen molar-refractivity contribution in [1.29, 1.82) is 0 Å². The van der Waals surface area contributed by atoms with Gasteiger partial charge in [0.25, 0.3) is 0 Å². The number of rotatable bonds is 10. The molecule has 0 saturated carbocycles. The summed E-state index contributed by atoms with van der Waals surface area (Å²) in [6, 6.07) is 9.56. The molecule has 1 rings (SSSR count). The minimum Gasteiger partial charge on any atom is -0.325 e. The Morgan fingerprint density at radius 2 is 1.68 bits per heavy atom. The summed E-state index contributed by atoms with van der Waals surface area (Å²) in [5, 5.41) is 6.04. The Morgan fingerprint density at radius 1 is 1.00 bits per heavy atom. The Bertz CT molecular complexity index is 338. The molecule has 0 aromatic heterocycles. The lowest BCUT2D eigenvalue weighted by Gasteiger charge is -2.06. The summed E-state index contributed by atoms with van der Waals surface area (Å²) in [6.45, 7) is 3.55. The van der Waals surface area contributed by atoms with Crippen LogP contribution in [0.15, 0.2) is 30.3 Å². The molecule has 3 nitrogen and oxygen atoms in total. The third kappa shape index (κ3) is 8.38. The Hall–Kier alpha value is -1.35. The van der Waals surface area contributed by atoms with E-state index in [9.17, 15) is 4.79 Å². The van der Waals surface area contributed by atoms with Crippen LogP contribution in [0, 0.1) is 0 Å². The van der Waals surface area contributed by atoms with Crippen LogP contribution in [-0.2, 0) is 4.79 Å². The van der Waals surface area contributed by atoms with E-state index < -0.39 is 0 Å². The van der Waals surface area contributed by atoms with Gasteiger partial charge in [-0.3, -0.25) is 4.79 Å². The number of amides is 1. The fourth-order valence-corrected chi connectivity index (χ4v) is 1.96. The lowest BCUT2D eigenvalue weighted by molar-refractivity contribution is -0.115. The zero-order chi connectivity index (χ0) is 13.8. The fourth-order valence-electron chi connectivity index (χ4n) is 1.96. The molecule has 0 spiro atoms. The fraction of sp³-hybridized carbons (Fsp3) is 0.562. The van der Waals surface area contributed by atoms with Gasteiger partial charge in [0.2, 0.25) is 5.91 Å². The number of hydrogen-bond acceptors (Lipinski definition) is 2. The second-order valence-corrected chi connectivity index (χ2v) is 4.86. The van der Waals surface area contributed by atoms with Crippen molar-refractivity contribution in [1.82, 2.24) is 5.32 Å². The van der Waals surface area contributed by atoms with Crippen molar-refractivity contribution in [3.8, 4) is 0 Å². The monoisotopic (exact) mass is 262 g/mol. The number of para-hydroxylation sites is 1. The normalized spacial score (nSPS) is 10.4. The summed E-state index contributed by atoms with van der Waals surface area (Å²) in [6.07, 6.45) is 7.69. The molecule has 0 radical (unpaired) electrons. The molecule has 1 aromatic rings. The topological polar surface area (TPSA) is 41.1 Å². The molecule has 0 atom stereocenters. The minimum absolute atomic E-state index is 0.0252. The number of carbonyl (C=O) groups excluding carboxylic acids is 1. The molecule has 1 aromatic carbocycles. The molecule has 19 heavy (non-hydrogen) atoms. The van der Waals surface area contributed by atoms with Crippen LogP contribution in [0.1, 0.15) is 45.4 Å². The summed E-state index contributed by atoms with van der Waals surface area (Å²) in [5.41, 5.74) is 0.855. The molecule has 0 aliphatic rings. The maximum atomic E-state index is 11.6. The number of nitrogens with one attached hydrogen (secondary N) is 2. The van der Waals surface area contributed by atoms with Crippen LogP contribution >= 0.6 is 0 Å². The number of unbranched alkanes of at least 4 members (excludes halogenated alkanes) is 5.